The van der Waals surface area contributed by atoms with Gasteiger partial charge in [0.05, 0.1) is 4.92 Å². The minimum absolute atomic E-state index is 0.265. The Morgan fingerprint density at radius 3 is 2.70 bits per heavy atom. The first kappa shape index (κ1) is 14.3. The SMILES string of the molecule is CC1CN(c2ccc([N+](=O)[O-])c(C(=O)O)c2)CCN1C. The van der Waals surface area contributed by atoms with E-state index in [1.807, 2.05) is 7.05 Å². The summed E-state index contributed by atoms with van der Waals surface area (Å²) in [4.78, 5) is 25.6. The average Bonchev–Trinajstić information content (AvgIpc) is 2.41. The van der Waals surface area contributed by atoms with Gasteiger partial charge in [0.25, 0.3) is 5.69 Å². The highest BCUT2D eigenvalue weighted by Crippen LogP contribution is 2.26. The van der Waals surface area contributed by atoms with E-state index in [1.54, 1.807) is 6.07 Å². The highest BCUT2D eigenvalue weighted by molar-refractivity contribution is 5.93. The fraction of sp³-hybridized carbons (Fsp3) is 0.462. The predicted octanol–water partition coefficient (Wildman–Crippen LogP) is 1.43. The molecule has 1 aromatic rings. The molecule has 0 saturated carbocycles. The van der Waals surface area contributed by atoms with E-state index in [0.29, 0.717) is 11.7 Å². The monoisotopic (exact) mass is 279 g/mol. The molecule has 1 fully saturated rings. The summed E-state index contributed by atoms with van der Waals surface area (Å²) in [7, 11) is 2.04. The maximum absolute atomic E-state index is 11.1. The minimum Gasteiger partial charge on any atom is -0.477 e. The van der Waals surface area contributed by atoms with Gasteiger partial charge in [-0.3, -0.25) is 10.1 Å². The van der Waals surface area contributed by atoms with Crippen LogP contribution >= 0.6 is 0 Å². The summed E-state index contributed by atoms with van der Waals surface area (Å²) in [5.74, 6) is -1.28. The van der Waals surface area contributed by atoms with Crippen LogP contribution < -0.4 is 4.90 Å². The van der Waals surface area contributed by atoms with E-state index in [4.69, 9.17) is 5.11 Å². The van der Waals surface area contributed by atoms with Gasteiger partial charge >= 0.3 is 5.97 Å². The molecule has 0 radical (unpaired) electrons. The fourth-order valence-electron chi connectivity index (χ4n) is 2.33. The number of benzene rings is 1. The van der Waals surface area contributed by atoms with Gasteiger partial charge in [-0.15, -0.1) is 0 Å². The number of piperazine rings is 1. The van der Waals surface area contributed by atoms with E-state index in [2.05, 4.69) is 16.7 Å². The Morgan fingerprint density at radius 2 is 2.15 bits per heavy atom. The molecular weight excluding hydrogens is 262 g/mol. The van der Waals surface area contributed by atoms with Crippen LogP contribution in [0.15, 0.2) is 18.2 Å². The van der Waals surface area contributed by atoms with E-state index >= 15 is 0 Å². The number of likely N-dealkylation sites (N-methyl/N-ethyl adjacent to an activating group) is 1. The summed E-state index contributed by atoms with van der Waals surface area (Å²) in [6.45, 7) is 4.52. The lowest BCUT2D eigenvalue weighted by Crippen LogP contribution is -2.50. The molecule has 0 amide bonds. The van der Waals surface area contributed by atoms with Gasteiger partial charge in [0, 0.05) is 37.4 Å². The second-order valence-corrected chi connectivity index (χ2v) is 5.04. The molecule has 1 saturated heterocycles. The Labute approximate surface area is 116 Å². The van der Waals surface area contributed by atoms with Gasteiger partial charge in [-0.25, -0.2) is 4.79 Å². The van der Waals surface area contributed by atoms with Crippen LogP contribution in [-0.4, -0.2) is 53.6 Å². The largest absolute Gasteiger partial charge is 0.477 e. The molecule has 2 rings (SSSR count). The lowest BCUT2D eigenvalue weighted by atomic mass is 10.1. The van der Waals surface area contributed by atoms with Crippen LogP contribution in [0.1, 0.15) is 17.3 Å². The zero-order valence-corrected chi connectivity index (χ0v) is 11.4. The number of carboxylic acid groups (broad SMARTS) is 1. The van der Waals surface area contributed by atoms with Crippen molar-refractivity contribution < 1.29 is 14.8 Å². The van der Waals surface area contributed by atoms with Gasteiger partial charge in [-0.2, -0.15) is 0 Å². The van der Waals surface area contributed by atoms with Gasteiger partial charge in [-0.1, -0.05) is 0 Å². The topological polar surface area (TPSA) is 86.9 Å². The van der Waals surface area contributed by atoms with Crippen molar-refractivity contribution >= 4 is 17.3 Å². The lowest BCUT2D eigenvalue weighted by molar-refractivity contribution is -0.385. The van der Waals surface area contributed by atoms with Crippen LogP contribution in [0.25, 0.3) is 0 Å². The maximum Gasteiger partial charge on any atom is 0.342 e. The Balaban J connectivity index is 2.32. The molecular formula is C13H17N3O4. The standard InChI is InChI=1S/C13H17N3O4/c1-9-8-15(6-5-14(9)2)10-3-4-12(16(19)20)11(7-10)13(17)18/h3-4,7,9H,5-6,8H2,1-2H3,(H,17,18). The van der Waals surface area contributed by atoms with Crippen molar-refractivity contribution in [1.82, 2.24) is 4.90 Å². The van der Waals surface area contributed by atoms with E-state index < -0.39 is 10.9 Å². The number of carbonyl (C=O) groups is 1. The van der Waals surface area contributed by atoms with Gasteiger partial charge in [0.1, 0.15) is 5.56 Å². The molecule has 0 spiro atoms. The van der Waals surface area contributed by atoms with Crippen LogP contribution in [0.5, 0.6) is 0 Å². The zero-order chi connectivity index (χ0) is 14.9. The molecule has 1 atom stereocenters. The van der Waals surface area contributed by atoms with Gasteiger partial charge < -0.3 is 14.9 Å². The van der Waals surface area contributed by atoms with Crippen molar-refractivity contribution in [3.8, 4) is 0 Å². The normalized spacial score (nSPS) is 19.9. The predicted molar refractivity (Wildman–Crippen MR) is 74.4 cm³/mol. The molecule has 1 aromatic carbocycles. The molecule has 1 unspecified atom stereocenters. The first-order chi connectivity index (χ1) is 9.40. The van der Waals surface area contributed by atoms with Crippen molar-refractivity contribution in [2.75, 3.05) is 31.6 Å². The number of hydrogen-bond acceptors (Lipinski definition) is 5. The Kier molecular flexibility index (Phi) is 3.89. The summed E-state index contributed by atoms with van der Waals surface area (Å²) in [6, 6.07) is 4.62. The third kappa shape index (κ3) is 2.72. The van der Waals surface area contributed by atoms with Crippen LogP contribution in [0.4, 0.5) is 11.4 Å². The van der Waals surface area contributed by atoms with Crippen molar-refractivity contribution in [2.45, 2.75) is 13.0 Å². The lowest BCUT2D eigenvalue weighted by Gasteiger charge is -2.39. The van der Waals surface area contributed by atoms with Crippen LogP contribution in [-0.2, 0) is 0 Å². The van der Waals surface area contributed by atoms with Crippen molar-refractivity contribution in [2.24, 2.45) is 0 Å². The van der Waals surface area contributed by atoms with Gasteiger partial charge in [0.2, 0.25) is 0 Å². The molecule has 20 heavy (non-hydrogen) atoms. The molecule has 1 aliphatic heterocycles. The Morgan fingerprint density at radius 1 is 1.45 bits per heavy atom. The fourth-order valence-corrected chi connectivity index (χ4v) is 2.33. The number of carboxylic acids is 1. The highest BCUT2D eigenvalue weighted by Gasteiger charge is 2.25. The summed E-state index contributed by atoms with van der Waals surface area (Å²) >= 11 is 0. The van der Waals surface area contributed by atoms with Gasteiger partial charge in [0.15, 0.2) is 0 Å². The van der Waals surface area contributed by atoms with E-state index in [-0.39, 0.29) is 11.3 Å². The number of rotatable bonds is 3. The number of hydrogen-bond donors (Lipinski definition) is 1. The third-order valence-corrected chi connectivity index (χ3v) is 3.73. The van der Waals surface area contributed by atoms with Crippen LogP contribution in [0, 0.1) is 10.1 Å². The average molecular weight is 279 g/mol. The maximum atomic E-state index is 11.1. The molecule has 1 N–H and O–H groups in total. The Bertz CT molecular complexity index is 546. The van der Waals surface area contributed by atoms with Crippen molar-refractivity contribution in [1.29, 1.82) is 0 Å². The molecule has 1 aliphatic rings. The number of aromatic carboxylic acids is 1. The van der Waals surface area contributed by atoms with Crippen LogP contribution in [0.2, 0.25) is 0 Å². The molecule has 0 aromatic heterocycles. The third-order valence-electron chi connectivity index (χ3n) is 3.73. The summed E-state index contributed by atoms with van der Waals surface area (Å²) in [6.07, 6.45) is 0. The smallest absolute Gasteiger partial charge is 0.342 e. The van der Waals surface area contributed by atoms with Gasteiger partial charge in [-0.05, 0) is 26.1 Å². The zero-order valence-electron chi connectivity index (χ0n) is 11.4. The number of nitro groups is 1. The molecule has 1 heterocycles. The number of nitro benzene ring substituents is 1. The molecule has 0 aliphatic carbocycles. The van der Waals surface area contributed by atoms with E-state index in [1.165, 1.54) is 12.1 Å². The summed E-state index contributed by atoms with van der Waals surface area (Å²) in [5, 5.41) is 19.9. The number of anilines is 1. The molecule has 7 heteroatoms. The summed E-state index contributed by atoms with van der Waals surface area (Å²) in [5.41, 5.74) is 0.0791. The van der Waals surface area contributed by atoms with Crippen molar-refractivity contribution in [3.05, 3.63) is 33.9 Å². The summed E-state index contributed by atoms with van der Waals surface area (Å²) < 4.78 is 0. The van der Waals surface area contributed by atoms with E-state index in [9.17, 15) is 14.9 Å². The highest BCUT2D eigenvalue weighted by atomic mass is 16.6. The Hall–Kier alpha value is -2.15. The first-order valence-corrected chi connectivity index (χ1v) is 6.37. The van der Waals surface area contributed by atoms with E-state index in [0.717, 1.165) is 19.6 Å². The van der Waals surface area contributed by atoms with Crippen LogP contribution in [0.3, 0.4) is 0 Å². The van der Waals surface area contributed by atoms with Crippen molar-refractivity contribution in [3.63, 3.8) is 0 Å². The molecule has 108 valence electrons. The number of nitrogens with zero attached hydrogens (tertiary/aromatic N) is 3. The minimum atomic E-state index is -1.28. The second-order valence-electron chi connectivity index (χ2n) is 5.04. The second kappa shape index (κ2) is 5.46. The quantitative estimate of drug-likeness (QED) is 0.665. The molecule has 7 nitrogen and oxygen atoms in total. The first-order valence-electron chi connectivity index (χ1n) is 6.37. The molecule has 0 bridgehead atoms.